The van der Waals surface area contributed by atoms with Gasteiger partial charge in [-0.3, -0.25) is 4.79 Å². The molecule has 122 valence electrons. The molecule has 1 heterocycles. The Kier molecular flexibility index (Phi) is 9.07. The van der Waals surface area contributed by atoms with Crippen LogP contribution in [0.4, 0.5) is 0 Å². The van der Waals surface area contributed by atoms with Crippen molar-refractivity contribution in [2.45, 2.75) is 37.1 Å². The average molecular weight is 356 g/mol. The number of sulfonamides is 1. The van der Waals surface area contributed by atoms with Crippen molar-refractivity contribution in [3.63, 3.8) is 0 Å². The number of nitrogens with two attached hydrogens (primary N) is 1. The standard InChI is InChI=1S/C12H21N3O3S2.ClH/c1-3-4-5-9(7-13)15-12(16)11-6-10(8-19-11)20(17,18)14-2;/h6,8-9,14H,3-5,7,13H2,1-2H3,(H,15,16);1H. The third-order valence-corrected chi connectivity index (χ3v) is 5.38. The van der Waals surface area contributed by atoms with Gasteiger partial charge in [0, 0.05) is 18.0 Å². The van der Waals surface area contributed by atoms with Crippen molar-refractivity contribution in [2.24, 2.45) is 5.73 Å². The number of rotatable bonds is 8. The number of carbonyl (C=O) groups excluding carboxylic acids is 1. The summed E-state index contributed by atoms with van der Waals surface area (Å²) >= 11 is 1.10. The van der Waals surface area contributed by atoms with Gasteiger partial charge in [-0.2, -0.15) is 0 Å². The molecule has 0 spiro atoms. The van der Waals surface area contributed by atoms with Gasteiger partial charge in [-0.25, -0.2) is 13.1 Å². The van der Waals surface area contributed by atoms with Gasteiger partial charge in [-0.15, -0.1) is 23.7 Å². The van der Waals surface area contributed by atoms with Crippen LogP contribution in [0.1, 0.15) is 35.9 Å². The van der Waals surface area contributed by atoms with Gasteiger partial charge in [0.1, 0.15) is 0 Å². The minimum atomic E-state index is -3.50. The van der Waals surface area contributed by atoms with Crippen LogP contribution in [-0.4, -0.2) is 34.0 Å². The maximum atomic E-state index is 12.0. The van der Waals surface area contributed by atoms with Crippen LogP contribution in [-0.2, 0) is 10.0 Å². The van der Waals surface area contributed by atoms with Crippen molar-refractivity contribution in [1.82, 2.24) is 10.0 Å². The van der Waals surface area contributed by atoms with Crippen LogP contribution < -0.4 is 15.8 Å². The number of carbonyl (C=O) groups is 1. The average Bonchev–Trinajstić information content (AvgIpc) is 2.93. The molecule has 6 nitrogen and oxygen atoms in total. The second kappa shape index (κ2) is 9.37. The molecule has 1 unspecified atom stereocenters. The van der Waals surface area contributed by atoms with Gasteiger partial charge in [0.15, 0.2) is 0 Å². The zero-order valence-electron chi connectivity index (χ0n) is 12.1. The summed E-state index contributed by atoms with van der Waals surface area (Å²) in [6, 6.07) is 1.30. The largest absolute Gasteiger partial charge is 0.347 e. The molecule has 1 amide bonds. The lowest BCUT2D eigenvalue weighted by Gasteiger charge is -2.15. The molecule has 1 aromatic rings. The van der Waals surface area contributed by atoms with Gasteiger partial charge < -0.3 is 11.1 Å². The summed E-state index contributed by atoms with van der Waals surface area (Å²) in [6.07, 6.45) is 2.85. The molecule has 0 radical (unpaired) electrons. The van der Waals surface area contributed by atoms with E-state index in [0.717, 1.165) is 30.6 Å². The van der Waals surface area contributed by atoms with E-state index in [1.54, 1.807) is 0 Å². The highest BCUT2D eigenvalue weighted by Gasteiger charge is 2.18. The molecule has 0 aliphatic carbocycles. The molecule has 0 aliphatic rings. The van der Waals surface area contributed by atoms with Crippen LogP contribution in [0, 0.1) is 0 Å². The van der Waals surface area contributed by atoms with E-state index in [2.05, 4.69) is 17.0 Å². The summed E-state index contributed by atoms with van der Waals surface area (Å²) in [4.78, 5) is 12.5. The first-order chi connectivity index (χ1) is 9.44. The minimum Gasteiger partial charge on any atom is -0.347 e. The summed E-state index contributed by atoms with van der Waals surface area (Å²) in [6.45, 7) is 2.45. The van der Waals surface area contributed by atoms with Crippen LogP contribution >= 0.6 is 23.7 Å². The normalized spacial score (nSPS) is 12.5. The molecule has 0 bridgehead atoms. The molecular formula is C12H22ClN3O3S2. The summed E-state index contributed by atoms with van der Waals surface area (Å²) in [5, 5.41) is 4.28. The molecule has 0 aromatic carbocycles. The molecule has 9 heteroatoms. The molecule has 1 rings (SSSR count). The summed E-state index contributed by atoms with van der Waals surface area (Å²) in [7, 11) is -2.17. The van der Waals surface area contributed by atoms with E-state index < -0.39 is 10.0 Å². The Bertz CT molecular complexity index is 546. The lowest BCUT2D eigenvalue weighted by molar-refractivity contribution is 0.0940. The maximum Gasteiger partial charge on any atom is 0.261 e. The highest BCUT2D eigenvalue weighted by molar-refractivity contribution is 7.89. The topological polar surface area (TPSA) is 101 Å². The Morgan fingerprint density at radius 3 is 2.67 bits per heavy atom. The lowest BCUT2D eigenvalue weighted by Crippen LogP contribution is -2.39. The fourth-order valence-corrected chi connectivity index (χ4v) is 3.56. The van der Waals surface area contributed by atoms with Gasteiger partial charge in [0.25, 0.3) is 5.91 Å². The lowest BCUT2D eigenvalue weighted by atomic mass is 10.1. The first-order valence-electron chi connectivity index (χ1n) is 6.47. The highest BCUT2D eigenvalue weighted by Crippen LogP contribution is 2.19. The molecule has 0 saturated carbocycles. The molecule has 0 fully saturated rings. The Balaban J connectivity index is 0.00000400. The van der Waals surface area contributed by atoms with Crippen LogP contribution in [0.15, 0.2) is 16.3 Å². The first-order valence-corrected chi connectivity index (χ1v) is 8.83. The zero-order valence-corrected chi connectivity index (χ0v) is 14.5. The van der Waals surface area contributed by atoms with E-state index in [0.29, 0.717) is 11.4 Å². The summed E-state index contributed by atoms with van der Waals surface area (Å²) in [5.74, 6) is -0.279. The first kappa shape index (κ1) is 20.3. The van der Waals surface area contributed by atoms with Crippen molar-refractivity contribution in [3.05, 3.63) is 16.3 Å². The fraction of sp³-hybridized carbons (Fsp3) is 0.583. The van der Waals surface area contributed by atoms with Gasteiger partial charge in [0.2, 0.25) is 10.0 Å². The Hall–Kier alpha value is -0.670. The SMILES string of the molecule is CCCCC(CN)NC(=O)c1cc(S(=O)(=O)NC)cs1.Cl. The number of thiophene rings is 1. The zero-order chi connectivity index (χ0) is 15.2. The summed E-state index contributed by atoms with van der Waals surface area (Å²) in [5.41, 5.74) is 5.62. The fourth-order valence-electron chi connectivity index (χ4n) is 1.65. The number of nitrogens with one attached hydrogen (secondary N) is 2. The number of hydrogen-bond donors (Lipinski definition) is 3. The smallest absolute Gasteiger partial charge is 0.261 e. The van der Waals surface area contributed by atoms with Crippen molar-refractivity contribution < 1.29 is 13.2 Å². The third kappa shape index (κ3) is 5.91. The minimum absolute atomic E-state index is 0. The van der Waals surface area contributed by atoms with Crippen LogP contribution in [0.2, 0.25) is 0 Å². The maximum absolute atomic E-state index is 12.0. The molecular weight excluding hydrogens is 334 g/mol. The van der Waals surface area contributed by atoms with Crippen LogP contribution in [0.5, 0.6) is 0 Å². The Morgan fingerprint density at radius 1 is 1.48 bits per heavy atom. The quantitative estimate of drug-likeness (QED) is 0.654. The van der Waals surface area contributed by atoms with Crippen molar-refractivity contribution in [2.75, 3.05) is 13.6 Å². The van der Waals surface area contributed by atoms with Crippen molar-refractivity contribution in [1.29, 1.82) is 0 Å². The second-order valence-electron chi connectivity index (χ2n) is 4.40. The number of amides is 1. The van der Waals surface area contributed by atoms with E-state index in [-0.39, 0.29) is 29.3 Å². The molecule has 4 N–H and O–H groups in total. The molecule has 0 saturated heterocycles. The van der Waals surface area contributed by atoms with Gasteiger partial charge in [-0.05, 0) is 19.5 Å². The monoisotopic (exact) mass is 355 g/mol. The number of hydrogen-bond acceptors (Lipinski definition) is 5. The van der Waals surface area contributed by atoms with Gasteiger partial charge in [-0.1, -0.05) is 19.8 Å². The Morgan fingerprint density at radius 2 is 2.14 bits per heavy atom. The van der Waals surface area contributed by atoms with E-state index in [4.69, 9.17) is 5.73 Å². The number of unbranched alkanes of at least 4 members (excludes halogenated alkanes) is 1. The third-order valence-electron chi connectivity index (χ3n) is 2.90. The predicted molar refractivity (Wildman–Crippen MR) is 87.6 cm³/mol. The molecule has 1 aromatic heterocycles. The van der Waals surface area contributed by atoms with E-state index in [1.165, 1.54) is 18.5 Å². The second-order valence-corrected chi connectivity index (χ2v) is 7.20. The van der Waals surface area contributed by atoms with E-state index in [1.807, 2.05) is 0 Å². The van der Waals surface area contributed by atoms with E-state index >= 15 is 0 Å². The Labute approximate surface area is 136 Å². The molecule has 0 aliphatic heterocycles. The van der Waals surface area contributed by atoms with Gasteiger partial charge >= 0.3 is 0 Å². The van der Waals surface area contributed by atoms with Gasteiger partial charge in [0.05, 0.1) is 9.77 Å². The van der Waals surface area contributed by atoms with Crippen molar-refractivity contribution in [3.8, 4) is 0 Å². The van der Waals surface area contributed by atoms with Crippen LogP contribution in [0.3, 0.4) is 0 Å². The highest BCUT2D eigenvalue weighted by atomic mass is 35.5. The summed E-state index contributed by atoms with van der Waals surface area (Å²) < 4.78 is 25.4. The predicted octanol–water partition coefficient (Wildman–Crippen LogP) is 1.33. The van der Waals surface area contributed by atoms with Crippen LogP contribution in [0.25, 0.3) is 0 Å². The number of halogens is 1. The van der Waals surface area contributed by atoms with E-state index in [9.17, 15) is 13.2 Å². The molecule has 1 atom stereocenters. The van der Waals surface area contributed by atoms with Crippen molar-refractivity contribution >= 4 is 39.7 Å². The molecule has 21 heavy (non-hydrogen) atoms.